The molecule has 2 rings (SSSR count). The minimum absolute atomic E-state index is 0.201. The maximum Gasteiger partial charge on any atom is 0.326 e. The molecule has 1 aliphatic rings. The van der Waals surface area contributed by atoms with Gasteiger partial charge in [-0.15, -0.1) is 0 Å². The quantitative estimate of drug-likeness (QED) is 0.556. The van der Waals surface area contributed by atoms with E-state index in [1.54, 1.807) is 13.0 Å². The third kappa shape index (κ3) is 4.38. The predicted molar refractivity (Wildman–Crippen MR) is 91.5 cm³/mol. The Hall–Kier alpha value is -2.28. The van der Waals surface area contributed by atoms with Gasteiger partial charge in [0.25, 0.3) is 11.1 Å². The number of hydrogen-bond acceptors (Lipinski definition) is 6. The van der Waals surface area contributed by atoms with Crippen LogP contribution in [-0.4, -0.2) is 41.8 Å². The smallest absolute Gasteiger partial charge is 0.326 e. The van der Waals surface area contributed by atoms with Gasteiger partial charge in [-0.05, 0) is 37.2 Å². The van der Waals surface area contributed by atoms with Gasteiger partial charge < -0.3 is 9.47 Å². The molecule has 1 aliphatic heterocycles. The molecule has 0 N–H and O–H groups in total. The van der Waals surface area contributed by atoms with Crippen molar-refractivity contribution in [2.75, 3.05) is 19.8 Å². The highest BCUT2D eigenvalue weighted by atomic mass is 32.2. The van der Waals surface area contributed by atoms with E-state index in [0.717, 1.165) is 23.1 Å². The monoisotopic (exact) mass is 349 g/mol. The van der Waals surface area contributed by atoms with Gasteiger partial charge >= 0.3 is 5.97 Å². The molecule has 1 fully saturated rings. The van der Waals surface area contributed by atoms with Crippen LogP contribution in [0.5, 0.6) is 5.75 Å². The van der Waals surface area contributed by atoms with Crippen molar-refractivity contribution in [2.24, 2.45) is 0 Å². The number of carbonyl (C=O) groups excluding carboxylic acids is 3. The summed E-state index contributed by atoms with van der Waals surface area (Å²) in [7, 11) is 0. The molecule has 1 heterocycles. The molecule has 1 saturated heterocycles. The predicted octanol–water partition coefficient (Wildman–Crippen LogP) is 3.07. The van der Waals surface area contributed by atoms with Gasteiger partial charge in [-0.2, -0.15) is 0 Å². The second kappa shape index (κ2) is 8.54. The fourth-order valence-corrected chi connectivity index (χ4v) is 2.89. The lowest BCUT2D eigenvalue weighted by molar-refractivity contribution is -0.145. The van der Waals surface area contributed by atoms with Gasteiger partial charge in [0, 0.05) is 5.56 Å². The molecule has 2 amide bonds. The van der Waals surface area contributed by atoms with Crippen molar-refractivity contribution in [3.8, 4) is 5.75 Å². The average Bonchev–Trinajstić information content (AvgIpc) is 2.82. The van der Waals surface area contributed by atoms with E-state index in [2.05, 4.69) is 0 Å². The van der Waals surface area contributed by atoms with E-state index < -0.39 is 17.1 Å². The van der Waals surface area contributed by atoms with Gasteiger partial charge in [0.2, 0.25) is 0 Å². The van der Waals surface area contributed by atoms with E-state index in [1.807, 2.05) is 31.2 Å². The molecule has 0 aliphatic carbocycles. The molecule has 0 atom stereocenters. The van der Waals surface area contributed by atoms with Crippen molar-refractivity contribution in [1.82, 2.24) is 4.90 Å². The molecule has 6 nitrogen and oxygen atoms in total. The van der Waals surface area contributed by atoms with Crippen LogP contribution in [0.2, 0.25) is 0 Å². The molecule has 0 bridgehead atoms. The summed E-state index contributed by atoms with van der Waals surface area (Å²) in [4.78, 5) is 37.0. The summed E-state index contributed by atoms with van der Waals surface area (Å²) in [5.41, 5.74) is 0.715. The topological polar surface area (TPSA) is 72.9 Å². The number of rotatable bonds is 7. The van der Waals surface area contributed by atoms with E-state index in [-0.39, 0.29) is 18.1 Å². The Morgan fingerprint density at radius 3 is 2.71 bits per heavy atom. The highest BCUT2D eigenvalue weighted by molar-refractivity contribution is 8.18. The Bertz CT molecular complexity index is 671. The first kappa shape index (κ1) is 18.1. The largest absolute Gasteiger partial charge is 0.493 e. The second-order valence-corrected chi connectivity index (χ2v) is 5.95. The van der Waals surface area contributed by atoms with E-state index in [4.69, 9.17) is 9.47 Å². The fourth-order valence-electron chi connectivity index (χ4n) is 2.06. The molecular formula is C17H19NO5S. The Balaban J connectivity index is 2.18. The summed E-state index contributed by atoms with van der Waals surface area (Å²) in [6.07, 6.45) is 2.48. The number of amides is 2. The van der Waals surface area contributed by atoms with Crippen LogP contribution in [0.3, 0.4) is 0 Å². The minimum atomic E-state index is -0.604. The Kier molecular flexibility index (Phi) is 6.43. The first-order valence-electron chi connectivity index (χ1n) is 7.69. The van der Waals surface area contributed by atoms with Gasteiger partial charge in [0.1, 0.15) is 12.3 Å². The van der Waals surface area contributed by atoms with E-state index in [9.17, 15) is 14.4 Å². The zero-order chi connectivity index (χ0) is 17.5. The van der Waals surface area contributed by atoms with Crippen molar-refractivity contribution in [3.05, 3.63) is 34.7 Å². The van der Waals surface area contributed by atoms with Crippen LogP contribution in [0, 0.1) is 0 Å². The molecule has 1 aromatic carbocycles. The van der Waals surface area contributed by atoms with Crippen LogP contribution in [0.25, 0.3) is 6.08 Å². The lowest BCUT2D eigenvalue weighted by atomic mass is 10.2. The highest BCUT2D eigenvalue weighted by Gasteiger charge is 2.36. The molecule has 1 aromatic rings. The lowest BCUT2D eigenvalue weighted by Gasteiger charge is -2.11. The summed E-state index contributed by atoms with van der Waals surface area (Å²) in [5, 5.41) is -0.480. The van der Waals surface area contributed by atoms with Crippen molar-refractivity contribution in [2.45, 2.75) is 20.3 Å². The summed E-state index contributed by atoms with van der Waals surface area (Å²) in [6.45, 7) is 4.06. The maximum atomic E-state index is 12.4. The first-order chi connectivity index (χ1) is 11.6. The fraction of sp³-hybridized carbons (Fsp3) is 0.353. The summed E-state index contributed by atoms with van der Waals surface area (Å²) in [6, 6.07) is 7.29. The molecule has 24 heavy (non-hydrogen) atoms. The molecule has 0 aromatic heterocycles. The highest BCUT2D eigenvalue weighted by Crippen LogP contribution is 2.33. The number of imide groups is 1. The number of hydrogen-bond donors (Lipinski definition) is 0. The first-order valence-corrected chi connectivity index (χ1v) is 8.51. The zero-order valence-corrected chi connectivity index (χ0v) is 14.4. The van der Waals surface area contributed by atoms with Crippen LogP contribution in [0.4, 0.5) is 4.79 Å². The van der Waals surface area contributed by atoms with Crippen molar-refractivity contribution in [1.29, 1.82) is 0 Å². The van der Waals surface area contributed by atoms with Gasteiger partial charge in [0.05, 0.1) is 18.1 Å². The van der Waals surface area contributed by atoms with Crippen molar-refractivity contribution in [3.63, 3.8) is 0 Å². The van der Waals surface area contributed by atoms with Crippen LogP contribution in [0.1, 0.15) is 25.8 Å². The van der Waals surface area contributed by atoms with Gasteiger partial charge in [-0.1, -0.05) is 25.1 Å². The SMILES string of the molecule is CCCOc1ccccc1/C=C1/SC(=O)N(CC(=O)OCC)C1=O. The molecule has 0 saturated carbocycles. The Labute approximate surface area is 144 Å². The summed E-state index contributed by atoms with van der Waals surface area (Å²) >= 11 is 0.804. The summed E-state index contributed by atoms with van der Waals surface area (Å²) in [5.74, 6) is -0.451. The molecule has 0 radical (unpaired) electrons. The average molecular weight is 349 g/mol. The minimum Gasteiger partial charge on any atom is -0.493 e. The second-order valence-electron chi connectivity index (χ2n) is 4.96. The standard InChI is InChI=1S/C17H19NO5S/c1-3-9-23-13-8-6-5-7-12(13)10-14-16(20)18(17(21)24-14)11-15(19)22-4-2/h5-8,10H,3-4,9,11H2,1-2H3/b14-10+. The van der Waals surface area contributed by atoms with Gasteiger partial charge in [0.15, 0.2) is 0 Å². The normalized spacial score (nSPS) is 15.9. The lowest BCUT2D eigenvalue weighted by Crippen LogP contribution is -2.34. The van der Waals surface area contributed by atoms with E-state index in [1.165, 1.54) is 0 Å². The van der Waals surface area contributed by atoms with Gasteiger partial charge in [-0.3, -0.25) is 19.3 Å². The Morgan fingerprint density at radius 2 is 2.00 bits per heavy atom. The summed E-state index contributed by atoms with van der Waals surface area (Å²) < 4.78 is 10.4. The molecule has 0 unspecified atom stereocenters. The van der Waals surface area contributed by atoms with E-state index in [0.29, 0.717) is 17.9 Å². The van der Waals surface area contributed by atoms with Crippen LogP contribution in [0.15, 0.2) is 29.2 Å². The number of thioether (sulfide) groups is 1. The third-order valence-corrected chi connectivity index (χ3v) is 4.04. The number of ether oxygens (including phenoxy) is 2. The third-order valence-electron chi connectivity index (χ3n) is 3.13. The van der Waals surface area contributed by atoms with Crippen molar-refractivity contribution < 1.29 is 23.9 Å². The molecule has 0 spiro atoms. The number of esters is 1. The number of para-hydroxylation sites is 1. The number of benzene rings is 1. The van der Waals surface area contributed by atoms with Crippen LogP contribution >= 0.6 is 11.8 Å². The maximum absolute atomic E-state index is 12.4. The van der Waals surface area contributed by atoms with Crippen LogP contribution in [-0.2, 0) is 14.3 Å². The van der Waals surface area contributed by atoms with Gasteiger partial charge in [-0.25, -0.2) is 0 Å². The van der Waals surface area contributed by atoms with Crippen molar-refractivity contribution >= 4 is 35.0 Å². The molecule has 128 valence electrons. The van der Waals surface area contributed by atoms with E-state index >= 15 is 0 Å². The van der Waals surface area contributed by atoms with Crippen LogP contribution < -0.4 is 4.74 Å². The Morgan fingerprint density at radius 1 is 1.25 bits per heavy atom. The number of carbonyl (C=O) groups is 3. The molecule has 7 heteroatoms. The molecular weight excluding hydrogens is 330 g/mol. The zero-order valence-electron chi connectivity index (χ0n) is 13.6. The number of nitrogens with zero attached hydrogens (tertiary/aromatic N) is 1.